The van der Waals surface area contributed by atoms with Crippen LogP contribution in [0, 0.1) is 17.3 Å². The highest BCUT2D eigenvalue weighted by Crippen LogP contribution is 2.79. The van der Waals surface area contributed by atoms with Crippen molar-refractivity contribution in [1.82, 2.24) is 24.5 Å². The molecule has 0 radical (unpaired) electrons. The molecule has 2 aromatic heterocycles. The van der Waals surface area contributed by atoms with E-state index in [9.17, 15) is 22.8 Å². The van der Waals surface area contributed by atoms with Crippen LogP contribution in [0.1, 0.15) is 33.9 Å². The molecule has 38 heavy (non-hydrogen) atoms. The van der Waals surface area contributed by atoms with Crippen LogP contribution in [-0.2, 0) is 17.5 Å². The fourth-order valence-corrected chi connectivity index (χ4v) is 6.64. The number of nitrogens with one attached hydrogen (secondary N) is 1. The molecule has 198 valence electrons. The molecule has 4 atom stereocenters. The van der Waals surface area contributed by atoms with E-state index in [0.717, 1.165) is 18.6 Å². The molecule has 3 unspecified atom stereocenters. The third-order valence-corrected chi connectivity index (χ3v) is 8.33. The summed E-state index contributed by atoms with van der Waals surface area (Å²) in [6, 6.07) is 5.14. The number of piperidine rings is 1. The highest BCUT2D eigenvalue weighted by Gasteiger charge is 2.79. The molecular weight excluding hydrogens is 499 g/mol. The van der Waals surface area contributed by atoms with Gasteiger partial charge in [-0.05, 0) is 42.0 Å². The smallest absolute Gasteiger partial charge is 0.373 e. The second kappa shape index (κ2) is 8.20. The number of halogens is 3. The Morgan fingerprint density at radius 2 is 2.13 bits per heavy atom. The largest absolute Gasteiger partial charge is 0.416 e. The van der Waals surface area contributed by atoms with Gasteiger partial charge in [0.05, 0.1) is 24.3 Å². The van der Waals surface area contributed by atoms with Crippen molar-refractivity contribution < 1.29 is 22.8 Å². The van der Waals surface area contributed by atoms with Crippen molar-refractivity contribution in [3.8, 4) is 11.3 Å². The molecule has 6 rings (SSSR count). The number of amides is 2. The zero-order chi connectivity index (χ0) is 27.0. The van der Waals surface area contributed by atoms with Crippen LogP contribution in [0.5, 0.6) is 0 Å². The lowest BCUT2D eigenvalue weighted by molar-refractivity contribution is -0.137. The maximum atomic E-state index is 13.1. The van der Waals surface area contributed by atoms with Gasteiger partial charge in [-0.25, -0.2) is 4.68 Å². The molecule has 3 aromatic rings. The van der Waals surface area contributed by atoms with Gasteiger partial charge in [0.2, 0.25) is 5.91 Å². The van der Waals surface area contributed by atoms with E-state index in [0.29, 0.717) is 47.6 Å². The van der Waals surface area contributed by atoms with Gasteiger partial charge in [0.1, 0.15) is 17.1 Å². The quantitative estimate of drug-likeness (QED) is 0.461. The topological polar surface area (TPSA) is 111 Å². The summed E-state index contributed by atoms with van der Waals surface area (Å²) >= 11 is 0. The number of aromatic nitrogens is 4. The van der Waals surface area contributed by atoms with Gasteiger partial charge in [-0.15, -0.1) is 0 Å². The molecule has 9 nitrogen and oxygen atoms in total. The average Bonchev–Trinajstić information content (AvgIpc) is 3.39. The lowest BCUT2D eigenvalue weighted by Gasteiger charge is -2.37. The molecule has 1 spiro atoms. The second-order valence-electron chi connectivity index (χ2n) is 10.3. The van der Waals surface area contributed by atoms with Gasteiger partial charge in [-0.3, -0.25) is 14.3 Å². The number of fused-ring (bicyclic) bond motifs is 1. The number of nitrogens with two attached hydrogens (primary N) is 1. The number of likely N-dealkylation sites (tertiary alicyclic amines) is 1. The number of nitrogens with zero attached hydrogens (tertiary/aromatic N) is 5. The average molecular weight is 526 g/mol. The summed E-state index contributed by atoms with van der Waals surface area (Å²) in [7, 11) is 1.70. The van der Waals surface area contributed by atoms with Crippen LogP contribution < -0.4 is 11.1 Å². The molecule has 2 amide bonds. The Bertz CT molecular complexity index is 1480. The normalized spacial score (nSPS) is 25.4. The minimum atomic E-state index is -4.43. The fourth-order valence-electron chi connectivity index (χ4n) is 6.64. The summed E-state index contributed by atoms with van der Waals surface area (Å²) in [5.41, 5.74) is 6.73. The Morgan fingerprint density at radius 3 is 2.79 bits per heavy atom. The molecule has 3 N–H and O–H groups in total. The monoisotopic (exact) mass is 525 g/mol. The van der Waals surface area contributed by atoms with Crippen molar-refractivity contribution in [1.29, 1.82) is 0 Å². The predicted molar refractivity (Wildman–Crippen MR) is 132 cm³/mol. The molecule has 1 saturated heterocycles. The van der Waals surface area contributed by atoms with Gasteiger partial charge in [-0.2, -0.15) is 23.4 Å². The number of primary amides is 1. The Kier molecular flexibility index (Phi) is 5.24. The first-order valence-electron chi connectivity index (χ1n) is 12.3. The van der Waals surface area contributed by atoms with Crippen LogP contribution in [0.4, 0.5) is 19.0 Å². The van der Waals surface area contributed by atoms with Crippen LogP contribution >= 0.6 is 0 Å². The molecular formula is C26H26F3N7O2. The maximum Gasteiger partial charge on any atom is 0.416 e. The highest BCUT2D eigenvalue weighted by molar-refractivity contribution is 6.03. The van der Waals surface area contributed by atoms with E-state index >= 15 is 0 Å². The lowest BCUT2D eigenvalue weighted by Crippen LogP contribution is -2.40. The minimum absolute atomic E-state index is 0.0516. The molecule has 2 aliphatic carbocycles. The molecule has 12 heteroatoms. The number of hydrogen-bond acceptors (Lipinski definition) is 5. The third-order valence-electron chi connectivity index (χ3n) is 8.33. The predicted octanol–water partition coefficient (Wildman–Crippen LogP) is 3.16. The van der Waals surface area contributed by atoms with Gasteiger partial charge in [-0.1, -0.05) is 18.7 Å². The first kappa shape index (κ1) is 24.3. The summed E-state index contributed by atoms with van der Waals surface area (Å²) < 4.78 is 42.6. The van der Waals surface area contributed by atoms with Crippen molar-refractivity contribution in [2.24, 2.45) is 23.0 Å². The van der Waals surface area contributed by atoms with E-state index in [1.807, 2.05) is 9.58 Å². The minimum Gasteiger partial charge on any atom is -0.373 e. The second-order valence-corrected chi connectivity index (χ2v) is 10.3. The van der Waals surface area contributed by atoms with E-state index in [1.54, 1.807) is 19.3 Å². The van der Waals surface area contributed by atoms with Crippen LogP contribution in [0.15, 0.2) is 49.3 Å². The van der Waals surface area contributed by atoms with Crippen LogP contribution in [0.25, 0.3) is 11.3 Å². The van der Waals surface area contributed by atoms with Gasteiger partial charge < -0.3 is 16.0 Å². The Balaban J connectivity index is 1.27. The van der Waals surface area contributed by atoms with Gasteiger partial charge in [0.25, 0.3) is 5.91 Å². The lowest BCUT2D eigenvalue weighted by atomic mass is 9.79. The Hall–Kier alpha value is -4.09. The highest BCUT2D eigenvalue weighted by atomic mass is 19.4. The van der Waals surface area contributed by atoms with Crippen LogP contribution in [-0.4, -0.2) is 56.4 Å². The van der Waals surface area contributed by atoms with E-state index in [2.05, 4.69) is 17.0 Å². The van der Waals surface area contributed by atoms with Crippen molar-refractivity contribution in [2.45, 2.75) is 25.2 Å². The fraction of sp³-hybridized carbons (Fsp3) is 0.385. The maximum absolute atomic E-state index is 13.1. The van der Waals surface area contributed by atoms with Gasteiger partial charge in [0.15, 0.2) is 0 Å². The van der Waals surface area contributed by atoms with E-state index in [-0.39, 0.29) is 29.5 Å². The van der Waals surface area contributed by atoms with Crippen LogP contribution in [0.3, 0.4) is 0 Å². The van der Waals surface area contributed by atoms with Crippen molar-refractivity contribution in [2.75, 3.05) is 25.5 Å². The number of hydrogen-bond donors (Lipinski definition) is 2. The number of carbonyl (C=O) groups excluding carboxylic acids is 2. The molecule has 1 aromatic carbocycles. The zero-order valence-corrected chi connectivity index (χ0v) is 20.6. The number of benzene rings is 1. The Morgan fingerprint density at radius 1 is 1.34 bits per heavy atom. The van der Waals surface area contributed by atoms with Crippen molar-refractivity contribution >= 4 is 17.6 Å². The Labute approximate surface area is 216 Å². The zero-order valence-electron chi connectivity index (χ0n) is 20.6. The summed E-state index contributed by atoms with van der Waals surface area (Å²) in [6.45, 7) is 5.09. The molecule has 2 saturated carbocycles. The number of alkyl halides is 3. The molecule has 3 aliphatic rings. The summed E-state index contributed by atoms with van der Waals surface area (Å²) in [5, 5.41) is 12.2. The van der Waals surface area contributed by atoms with E-state index in [4.69, 9.17) is 10.8 Å². The SMILES string of the molecule is C=CC(=O)N1CC2C3C(n4nc(-c5cnn(Cc6cccc(C(F)(F)F)c6)c5)c(C(N)=O)c4NC)C[C@]23C1. The van der Waals surface area contributed by atoms with E-state index in [1.165, 1.54) is 23.0 Å². The van der Waals surface area contributed by atoms with Crippen molar-refractivity contribution in [3.63, 3.8) is 0 Å². The van der Waals surface area contributed by atoms with Gasteiger partial charge >= 0.3 is 6.18 Å². The van der Waals surface area contributed by atoms with Crippen LogP contribution in [0.2, 0.25) is 0 Å². The number of carbonyl (C=O) groups is 2. The number of rotatable bonds is 7. The van der Waals surface area contributed by atoms with Crippen molar-refractivity contribution in [3.05, 3.63) is 66.0 Å². The standard InChI is InChI=1S/C26H26F3N7O2/c1-3-19(37)34-12-17-21-18(8-25(17,21)13-34)36-24(31-2)20(23(30)38)22(33-36)15-9-32-35(11-15)10-14-5-4-6-16(7-14)26(27,28)29/h3-7,9,11,17-18,21,31H,1,8,10,12-13H2,2H3,(H2,30,38)/t17?,18?,21?,25-/m0/s1. The summed E-state index contributed by atoms with van der Waals surface area (Å²) in [5.74, 6) is 0.571. The van der Waals surface area contributed by atoms with E-state index < -0.39 is 17.6 Å². The third kappa shape index (κ3) is 3.53. The first-order valence-corrected chi connectivity index (χ1v) is 12.3. The number of anilines is 1. The first-order chi connectivity index (χ1) is 18.1. The van der Waals surface area contributed by atoms with Gasteiger partial charge in [0, 0.05) is 37.3 Å². The summed E-state index contributed by atoms with van der Waals surface area (Å²) in [6.07, 6.45) is 0.923. The molecule has 3 fully saturated rings. The molecule has 3 heterocycles. The molecule has 0 bridgehead atoms. The molecule has 1 aliphatic heterocycles. The summed E-state index contributed by atoms with van der Waals surface area (Å²) in [4.78, 5) is 26.4.